The minimum absolute atomic E-state index is 0.270. The third-order valence-electron chi connectivity index (χ3n) is 5.05. The van der Waals surface area contributed by atoms with Crippen molar-refractivity contribution in [1.82, 2.24) is 13.6 Å². The minimum atomic E-state index is -3.49. The topological polar surface area (TPSA) is 62.7 Å². The van der Waals surface area contributed by atoms with Crippen LogP contribution in [0.2, 0.25) is 5.02 Å². The molecule has 1 fully saturated rings. The lowest BCUT2D eigenvalue weighted by atomic mass is 10.0. The molecule has 0 radical (unpaired) electrons. The van der Waals surface area contributed by atoms with Gasteiger partial charge in [-0.25, -0.2) is 0 Å². The second kappa shape index (κ2) is 9.53. The number of nitrogens with zero attached hydrogens (tertiary/aromatic N) is 3. The smallest absolute Gasteiger partial charge is 0.282 e. The van der Waals surface area contributed by atoms with Gasteiger partial charge in [-0.1, -0.05) is 37.6 Å². The van der Waals surface area contributed by atoms with Gasteiger partial charge in [-0.15, -0.1) is 0 Å². The summed E-state index contributed by atoms with van der Waals surface area (Å²) in [6, 6.07) is 11.8. The Balaban J connectivity index is 1.82. The lowest BCUT2D eigenvalue weighted by Crippen LogP contribution is -2.49. The van der Waals surface area contributed by atoms with E-state index in [1.807, 2.05) is 57.2 Å². The SMILES string of the molecule is CCN(CC)S(=O)(=O)N1CCOC(c2cc(Cc3cccc(Cl)c3)cc(C)n2)C1. The number of morpholine rings is 1. The maximum absolute atomic E-state index is 12.9. The highest BCUT2D eigenvalue weighted by Crippen LogP contribution is 2.26. The number of benzene rings is 1. The third kappa shape index (κ3) is 5.35. The summed E-state index contributed by atoms with van der Waals surface area (Å²) in [5.41, 5.74) is 3.86. The molecule has 29 heavy (non-hydrogen) atoms. The lowest BCUT2D eigenvalue weighted by Gasteiger charge is -2.35. The first-order chi connectivity index (χ1) is 13.8. The fraction of sp³-hybridized carbons (Fsp3) is 0.476. The van der Waals surface area contributed by atoms with Crippen molar-refractivity contribution < 1.29 is 13.2 Å². The summed E-state index contributed by atoms with van der Waals surface area (Å²) in [5, 5.41) is 0.710. The van der Waals surface area contributed by atoms with Crippen LogP contribution in [-0.2, 0) is 21.4 Å². The molecule has 1 atom stereocenters. The fourth-order valence-corrected chi connectivity index (χ4v) is 5.47. The van der Waals surface area contributed by atoms with E-state index in [4.69, 9.17) is 16.3 Å². The summed E-state index contributed by atoms with van der Waals surface area (Å²) in [5.74, 6) is 0. The zero-order valence-corrected chi connectivity index (χ0v) is 18.7. The molecule has 2 aromatic rings. The number of pyridine rings is 1. The maximum Gasteiger partial charge on any atom is 0.282 e. The van der Waals surface area contributed by atoms with E-state index in [0.717, 1.165) is 28.9 Å². The molecule has 1 aromatic carbocycles. The zero-order valence-electron chi connectivity index (χ0n) is 17.1. The van der Waals surface area contributed by atoms with Crippen molar-refractivity contribution in [3.8, 4) is 0 Å². The molecule has 6 nitrogen and oxygen atoms in total. The van der Waals surface area contributed by atoms with Crippen molar-refractivity contribution in [2.75, 3.05) is 32.8 Å². The number of aromatic nitrogens is 1. The monoisotopic (exact) mass is 437 g/mol. The van der Waals surface area contributed by atoms with Gasteiger partial charge in [0.1, 0.15) is 6.10 Å². The Kier molecular flexibility index (Phi) is 7.29. The zero-order chi connectivity index (χ0) is 21.0. The minimum Gasteiger partial charge on any atom is -0.369 e. The lowest BCUT2D eigenvalue weighted by molar-refractivity contribution is -0.00668. The van der Waals surface area contributed by atoms with Crippen LogP contribution >= 0.6 is 11.6 Å². The van der Waals surface area contributed by atoms with Crippen LogP contribution in [0.15, 0.2) is 36.4 Å². The molecular formula is C21H28ClN3O3S. The van der Waals surface area contributed by atoms with Crippen LogP contribution in [0.3, 0.4) is 0 Å². The van der Waals surface area contributed by atoms with Crippen LogP contribution in [0, 0.1) is 6.92 Å². The maximum atomic E-state index is 12.9. The van der Waals surface area contributed by atoms with E-state index >= 15 is 0 Å². The Morgan fingerprint density at radius 1 is 1.21 bits per heavy atom. The largest absolute Gasteiger partial charge is 0.369 e. The molecule has 3 rings (SSSR count). The van der Waals surface area contributed by atoms with Crippen LogP contribution in [-0.4, -0.2) is 54.8 Å². The van der Waals surface area contributed by atoms with Gasteiger partial charge >= 0.3 is 0 Å². The van der Waals surface area contributed by atoms with Gasteiger partial charge in [-0.3, -0.25) is 4.98 Å². The highest BCUT2D eigenvalue weighted by Gasteiger charge is 2.34. The van der Waals surface area contributed by atoms with Gasteiger partial charge in [0.05, 0.1) is 12.3 Å². The molecule has 1 aliphatic heterocycles. The average Bonchev–Trinajstić information content (AvgIpc) is 2.68. The Bertz CT molecular complexity index is 948. The molecule has 0 bridgehead atoms. The number of halogens is 1. The van der Waals surface area contributed by atoms with Gasteiger partial charge in [0.15, 0.2) is 0 Å². The van der Waals surface area contributed by atoms with Crippen molar-refractivity contribution >= 4 is 21.8 Å². The van der Waals surface area contributed by atoms with Gasteiger partial charge in [-0.2, -0.15) is 17.0 Å². The van der Waals surface area contributed by atoms with Gasteiger partial charge in [0.25, 0.3) is 10.2 Å². The Morgan fingerprint density at radius 2 is 1.97 bits per heavy atom. The average molecular weight is 438 g/mol. The molecule has 1 saturated heterocycles. The molecule has 0 aliphatic carbocycles. The summed E-state index contributed by atoms with van der Waals surface area (Å²) in [7, 11) is -3.49. The van der Waals surface area contributed by atoms with Crippen LogP contribution in [0.4, 0.5) is 0 Å². The number of aryl methyl sites for hydroxylation is 1. The Labute approximate surface area is 178 Å². The van der Waals surface area contributed by atoms with Gasteiger partial charge in [-0.05, 0) is 48.7 Å². The van der Waals surface area contributed by atoms with Crippen LogP contribution < -0.4 is 0 Å². The van der Waals surface area contributed by atoms with Gasteiger partial charge in [0, 0.05) is 36.9 Å². The van der Waals surface area contributed by atoms with Crippen molar-refractivity contribution in [2.45, 2.75) is 33.3 Å². The molecular weight excluding hydrogens is 410 g/mol. The van der Waals surface area contributed by atoms with E-state index in [-0.39, 0.29) is 12.6 Å². The molecule has 8 heteroatoms. The summed E-state index contributed by atoms with van der Waals surface area (Å²) < 4.78 is 34.7. The van der Waals surface area contributed by atoms with E-state index in [1.54, 1.807) is 0 Å². The molecule has 1 unspecified atom stereocenters. The predicted molar refractivity (Wildman–Crippen MR) is 115 cm³/mol. The summed E-state index contributed by atoms with van der Waals surface area (Å²) in [6.45, 7) is 7.53. The molecule has 0 N–H and O–H groups in total. The fourth-order valence-electron chi connectivity index (χ4n) is 3.65. The third-order valence-corrected chi connectivity index (χ3v) is 7.44. The van der Waals surface area contributed by atoms with E-state index in [2.05, 4.69) is 4.98 Å². The van der Waals surface area contributed by atoms with Crippen molar-refractivity contribution in [1.29, 1.82) is 0 Å². The standard InChI is InChI=1S/C21H28ClN3O3S/c1-4-24(5-2)29(26,27)25-9-10-28-21(15-25)20-14-18(11-16(3)23-20)12-17-7-6-8-19(22)13-17/h6-8,11,13-14,21H,4-5,9-10,12,15H2,1-3H3. The highest BCUT2D eigenvalue weighted by molar-refractivity contribution is 7.86. The normalized spacial score (nSPS) is 18.3. The van der Waals surface area contributed by atoms with Gasteiger partial charge < -0.3 is 4.74 Å². The molecule has 0 amide bonds. The van der Waals surface area contributed by atoms with E-state index < -0.39 is 10.2 Å². The number of rotatable bonds is 7. The number of hydrogen-bond donors (Lipinski definition) is 0. The summed E-state index contributed by atoms with van der Waals surface area (Å²) >= 11 is 6.10. The molecule has 0 spiro atoms. The van der Waals surface area contributed by atoms with Gasteiger partial charge in [0.2, 0.25) is 0 Å². The number of hydrogen-bond acceptors (Lipinski definition) is 4. The molecule has 0 saturated carbocycles. The summed E-state index contributed by atoms with van der Waals surface area (Å²) in [4.78, 5) is 4.63. The number of ether oxygens (including phenoxy) is 1. The van der Waals surface area contributed by atoms with Crippen LogP contribution in [0.1, 0.15) is 42.5 Å². The molecule has 158 valence electrons. The first-order valence-electron chi connectivity index (χ1n) is 9.92. The van der Waals surface area contributed by atoms with Crippen molar-refractivity contribution in [3.05, 3.63) is 63.9 Å². The molecule has 2 heterocycles. The quantitative estimate of drug-likeness (QED) is 0.664. The second-order valence-electron chi connectivity index (χ2n) is 7.16. The van der Waals surface area contributed by atoms with Crippen LogP contribution in [0.5, 0.6) is 0 Å². The Hall–Kier alpha value is -1.51. The summed E-state index contributed by atoms with van der Waals surface area (Å²) in [6.07, 6.45) is 0.345. The second-order valence-corrected chi connectivity index (χ2v) is 9.52. The van der Waals surface area contributed by atoms with E-state index in [9.17, 15) is 8.42 Å². The van der Waals surface area contributed by atoms with E-state index in [1.165, 1.54) is 8.61 Å². The van der Waals surface area contributed by atoms with E-state index in [0.29, 0.717) is 31.3 Å². The van der Waals surface area contributed by atoms with Crippen molar-refractivity contribution in [3.63, 3.8) is 0 Å². The van der Waals surface area contributed by atoms with Crippen LogP contribution in [0.25, 0.3) is 0 Å². The highest BCUT2D eigenvalue weighted by atomic mass is 35.5. The molecule has 1 aliphatic rings. The molecule has 1 aromatic heterocycles. The Morgan fingerprint density at radius 3 is 2.66 bits per heavy atom. The predicted octanol–water partition coefficient (Wildman–Crippen LogP) is 3.59. The van der Waals surface area contributed by atoms with Crippen molar-refractivity contribution in [2.24, 2.45) is 0 Å². The first-order valence-corrected chi connectivity index (χ1v) is 11.7. The first kappa shape index (κ1) is 22.2.